The normalized spacial score (nSPS) is 14.1. The van der Waals surface area contributed by atoms with Crippen molar-refractivity contribution in [2.24, 2.45) is 5.92 Å². The lowest BCUT2D eigenvalue weighted by atomic mass is 10.1. The van der Waals surface area contributed by atoms with E-state index in [1.807, 2.05) is 38.2 Å². The van der Waals surface area contributed by atoms with Crippen LogP contribution in [0.15, 0.2) is 54.7 Å². The number of para-hydroxylation sites is 1. The molecule has 1 heterocycles. The summed E-state index contributed by atoms with van der Waals surface area (Å²) in [5, 5.41) is 1.15. The van der Waals surface area contributed by atoms with Crippen LogP contribution >= 0.6 is 0 Å². The van der Waals surface area contributed by atoms with Crippen molar-refractivity contribution in [1.29, 1.82) is 0 Å². The van der Waals surface area contributed by atoms with E-state index in [4.69, 9.17) is 0 Å². The molecule has 5 nitrogen and oxygen atoms in total. The van der Waals surface area contributed by atoms with E-state index in [1.165, 1.54) is 12.1 Å². The number of H-pyrrole nitrogens is 1. The number of benzene rings is 2. The van der Waals surface area contributed by atoms with Gasteiger partial charge in [0.15, 0.2) is 0 Å². The number of aromatic nitrogens is 1. The lowest BCUT2D eigenvalue weighted by Crippen LogP contribution is -2.47. The van der Waals surface area contributed by atoms with Crippen LogP contribution in [0.1, 0.15) is 50.7 Å². The van der Waals surface area contributed by atoms with Crippen molar-refractivity contribution in [2.45, 2.75) is 58.5 Å². The maximum Gasteiger partial charge on any atom is 0.242 e. The summed E-state index contributed by atoms with van der Waals surface area (Å²) in [7, 11) is 0. The van der Waals surface area contributed by atoms with Crippen LogP contribution in [-0.4, -0.2) is 45.7 Å². The largest absolute Gasteiger partial charge is 0.361 e. The fourth-order valence-electron chi connectivity index (χ4n) is 4.86. The molecule has 0 radical (unpaired) electrons. The molecule has 0 unspecified atom stereocenters. The predicted molar refractivity (Wildman–Crippen MR) is 133 cm³/mol. The van der Waals surface area contributed by atoms with Crippen LogP contribution in [0.25, 0.3) is 10.9 Å². The summed E-state index contributed by atoms with van der Waals surface area (Å²) in [5.74, 6) is -0.246. The number of carbonyl (C=O) groups is 2. The zero-order chi connectivity index (χ0) is 24.1. The van der Waals surface area contributed by atoms with Gasteiger partial charge in [0, 0.05) is 42.1 Å². The Bertz CT molecular complexity index is 1120. The number of fused-ring (bicyclic) bond motifs is 1. The van der Waals surface area contributed by atoms with Crippen molar-refractivity contribution in [3.63, 3.8) is 0 Å². The summed E-state index contributed by atoms with van der Waals surface area (Å²) >= 11 is 0. The summed E-state index contributed by atoms with van der Waals surface area (Å²) in [6.07, 6.45) is 6.67. The topological polar surface area (TPSA) is 56.4 Å². The van der Waals surface area contributed by atoms with Gasteiger partial charge in [-0.2, -0.15) is 0 Å². The Labute approximate surface area is 200 Å². The lowest BCUT2D eigenvalue weighted by molar-refractivity contribution is -0.144. The maximum atomic E-state index is 13.5. The molecule has 4 rings (SSSR count). The molecule has 180 valence electrons. The first kappa shape index (κ1) is 24.0. The van der Waals surface area contributed by atoms with E-state index in [0.717, 1.165) is 47.7 Å². The third-order valence-electron chi connectivity index (χ3n) is 6.88. The predicted octanol–water partition coefficient (Wildman–Crippen LogP) is 5.31. The SMILES string of the molecule is CC(C)N(CC(=O)N(CCc1c[nH]c2ccccc12)Cc1ccc(F)cc1)C(=O)C1CCCC1. The molecule has 0 saturated heterocycles. The second kappa shape index (κ2) is 10.9. The smallest absolute Gasteiger partial charge is 0.242 e. The highest BCUT2D eigenvalue weighted by Gasteiger charge is 2.31. The highest BCUT2D eigenvalue weighted by molar-refractivity contribution is 5.86. The highest BCUT2D eigenvalue weighted by Crippen LogP contribution is 2.27. The van der Waals surface area contributed by atoms with Crippen molar-refractivity contribution in [1.82, 2.24) is 14.8 Å². The Hall–Kier alpha value is -3.15. The average Bonchev–Trinajstić information content (AvgIpc) is 3.51. The van der Waals surface area contributed by atoms with Gasteiger partial charge in [-0.1, -0.05) is 43.2 Å². The molecule has 1 N–H and O–H groups in total. The quantitative estimate of drug-likeness (QED) is 0.468. The van der Waals surface area contributed by atoms with Crippen LogP contribution in [0.3, 0.4) is 0 Å². The molecule has 1 saturated carbocycles. The van der Waals surface area contributed by atoms with Crippen molar-refractivity contribution in [2.75, 3.05) is 13.1 Å². The van der Waals surface area contributed by atoms with Crippen LogP contribution < -0.4 is 0 Å². The standard InChI is InChI=1S/C28H34FN3O2/c1-20(2)32(28(34)22-7-3-4-8-22)19-27(33)31(18-21-11-13-24(29)14-12-21)16-15-23-17-30-26-10-6-5-9-25(23)26/h5-6,9-14,17,20,22,30H,3-4,7-8,15-16,18-19H2,1-2H3. The van der Waals surface area contributed by atoms with Gasteiger partial charge in [0.2, 0.25) is 11.8 Å². The van der Waals surface area contributed by atoms with Crippen LogP contribution in [0.2, 0.25) is 0 Å². The third-order valence-corrected chi connectivity index (χ3v) is 6.88. The molecule has 0 bridgehead atoms. The van der Waals surface area contributed by atoms with Crippen LogP contribution in [0.4, 0.5) is 4.39 Å². The third kappa shape index (κ3) is 5.66. The van der Waals surface area contributed by atoms with Gasteiger partial charge in [0.1, 0.15) is 5.82 Å². The Morgan fingerprint density at radius 3 is 2.47 bits per heavy atom. The van der Waals surface area contributed by atoms with E-state index in [9.17, 15) is 14.0 Å². The van der Waals surface area contributed by atoms with E-state index in [-0.39, 0.29) is 36.1 Å². The van der Waals surface area contributed by atoms with Crippen LogP contribution in [0, 0.1) is 11.7 Å². The number of hydrogen-bond donors (Lipinski definition) is 1. The molecule has 6 heteroatoms. The highest BCUT2D eigenvalue weighted by atomic mass is 19.1. The van der Waals surface area contributed by atoms with Crippen molar-refractivity contribution in [3.8, 4) is 0 Å². The Morgan fingerprint density at radius 1 is 1.06 bits per heavy atom. The van der Waals surface area contributed by atoms with Gasteiger partial charge >= 0.3 is 0 Å². The number of nitrogens with one attached hydrogen (secondary N) is 1. The van der Waals surface area contributed by atoms with Gasteiger partial charge in [-0.3, -0.25) is 9.59 Å². The van der Waals surface area contributed by atoms with E-state index < -0.39 is 0 Å². The first-order valence-electron chi connectivity index (χ1n) is 12.3. The first-order chi connectivity index (χ1) is 16.4. The van der Waals surface area contributed by atoms with E-state index >= 15 is 0 Å². The number of amides is 2. The molecule has 34 heavy (non-hydrogen) atoms. The molecule has 0 aliphatic heterocycles. The Kier molecular flexibility index (Phi) is 7.66. The second-order valence-corrected chi connectivity index (χ2v) is 9.59. The van der Waals surface area contributed by atoms with E-state index in [2.05, 4.69) is 11.1 Å². The lowest BCUT2D eigenvalue weighted by Gasteiger charge is -2.32. The van der Waals surface area contributed by atoms with Crippen molar-refractivity contribution >= 4 is 22.7 Å². The molecule has 3 aromatic rings. The van der Waals surface area contributed by atoms with Crippen LogP contribution in [-0.2, 0) is 22.6 Å². The minimum atomic E-state index is -0.298. The fourth-order valence-corrected chi connectivity index (χ4v) is 4.86. The first-order valence-corrected chi connectivity index (χ1v) is 12.3. The summed E-state index contributed by atoms with van der Waals surface area (Å²) in [6, 6.07) is 14.3. The monoisotopic (exact) mass is 463 g/mol. The summed E-state index contributed by atoms with van der Waals surface area (Å²) in [4.78, 5) is 33.5. The summed E-state index contributed by atoms with van der Waals surface area (Å²) in [5.41, 5.74) is 3.09. The Morgan fingerprint density at radius 2 is 1.76 bits per heavy atom. The number of hydrogen-bond acceptors (Lipinski definition) is 2. The van der Waals surface area contributed by atoms with Gasteiger partial charge in [-0.15, -0.1) is 0 Å². The van der Waals surface area contributed by atoms with Crippen molar-refractivity contribution < 1.29 is 14.0 Å². The van der Waals surface area contributed by atoms with Gasteiger partial charge in [-0.25, -0.2) is 4.39 Å². The molecule has 1 aromatic heterocycles. The molecule has 0 spiro atoms. The minimum Gasteiger partial charge on any atom is -0.361 e. The van der Waals surface area contributed by atoms with Gasteiger partial charge < -0.3 is 14.8 Å². The number of nitrogens with zero attached hydrogens (tertiary/aromatic N) is 2. The summed E-state index contributed by atoms with van der Waals surface area (Å²) in [6.45, 7) is 4.90. The summed E-state index contributed by atoms with van der Waals surface area (Å²) < 4.78 is 13.4. The number of carbonyl (C=O) groups excluding carboxylic acids is 2. The van der Waals surface area contributed by atoms with E-state index in [0.29, 0.717) is 19.5 Å². The number of rotatable bonds is 9. The molecular weight excluding hydrogens is 429 g/mol. The molecule has 2 amide bonds. The zero-order valence-corrected chi connectivity index (χ0v) is 20.1. The number of halogens is 1. The molecular formula is C28H34FN3O2. The van der Waals surface area contributed by atoms with Gasteiger partial charge in [0.05, 0.1) is 6.54 Å². The molecule has 1 aliphatic carbocycles. The molecule has 1 fully saturated rings. The fraction of sp³-hybridized carbons (Fsp3) is 0.429. The molecule has 0 atom stereocenters. The molecule has 2 aromatic carbocycles. The van der Waals surface area contributed by atoms with Crippen molar-refractivity contribution in [3.05, 3.63) is 71.7 Å². The van der Waals surface area contributed by atoms with Gasteiger partial charge in [0.25, 0.3) is 0 Å². The maximum absolute atomic E-state index is 13.5. The van der Waals surface area contributed by atoms with Crippen LogP contribution in [0.5, 0.6) is 0 Å². The van der Waals surface area contributed by atoms with Gasteiger partial charge in [-0.05, 0) is 62.4 Å². The molecule has 1 aliphatic rings. The Balaban J connectivity index is 1.51. The average molecular weight is 464 g/mol. The number of aromatic amines is 1. The minimum absolute atomic E-state index is 0.0342. The van der Waals surface area contributed by atoms with E-state index in [1.54, 1.807) is 21.9 Å². The zero-order valence-electron chi connectivity index (χ0n) is 20.1. The second-order valence-electron chi connectivity index (χ2n) is 9.59.